The Kier molecular flexibility index (Phi) is 4.33. The third-order valence-electron chi connectivity index (χ3n) is 3.64. The van der Waals surface area contributed by atoms with E-state index in [9.17, 15) is 14.9 Å². The van der Waals surface area contributed by atoms with Crippen LogP contribution >= 0.6 is 0 Å². The van der Waals surface area contributed by atoms with Crippen molar-refractivity contribution in [2.75, 3.05) is 18.1 Å². The van der Waals surface area contributed by atoms with Gasteiger partial charge in [-0.05, 0) is 25.1 Å². The molecule has 0 saturated heterocycles. The number of carbonyl (C=O) groups is 1. The van der Waals surface area contributed by atoms with Crippen LogP contribution in [-0.4, -0.2) is 30.1 Å². The number of carbonyl (C=O) groups excluding carboxylic acids is 1. The molecule has 0 unspecified atom stereocenters. The Labute approximate surface area is 138 Å². The van der Waals surface area contributed by atoms with Crippen LogP contribution < -0.4 is 14.4 Å². The van der Waals surface area contributed by atoms with Crippen LogP contribution in [0, 0.1) is 10.1 Å². The van der Waals surface area contributed by atoms with Crippen LogP contribution in [0.4, 0.5) is 11.4 Å². The molecule has 0 fully saturated rings. The van der Waals surface area contributed by atoms with Crippen LogP contribution in [0.15, 0.2) is 48.5 Å². The van der Waals surface area contributed by atoms with E-state index in [0.29, 0.717) is 18.0 Å². The summed E-state index contributed by atoms with van der Waals surface area (Å²) in [7, 11) is 0. The number of amides is 1. The fraction of sp³-hybridized carbons (Fsp3) is 0.235. The van der Waals surface area contributed by atoms with Crippen LogP contribution in [0.3, 0.4) is 0 Å². The number of nitro groups is 1. The van der Waals surface area contributed by atoms with Crippen molar-refractivity contribution in [1.29, 1.82) is 0 Å². The minimum Gasteiger partial charge on any atom is -0.487 e. The summed E-state index contributed by atoms with van der Waals surface area (Å²) in [4.78, 5) is 24.6. The number of benzene rings is 2. The molecule has 0 aliphatic carbocycles. The van der Waals surface area contributed by atoms with E-state index in [1.165, 1.54) is 12.1 Å². The van der Waals surface area contributed by atoms with Crippen molar-refractivity contribution >= 4 is 17.3 Å². The maximum absolute atomic E-state index is 12.5. The van der Waals surface area contributed by atoms with Gasteiger partial charge in [-0.25, -0.2) is 0 Å². The molecule has 1 atom stereocenters. The molecular formula is C17H16N2O5. The number of nitro benzene ring substituents is 1. The molecule has 24 heavy (non-hydrogen) atoms. The smallest absolute Gasteiger partial charge is 0.310 e. The maximum Gasteiger partial charge on any atom is 0.310 e. The number of hydrogen-bond donors (Lipinski definition) is 0. The quantitative estimate of drug-likeness (QED) is 0.637. The Balaban J connectivity index is 1.76. The molecular weight excluding hydrogens is 312 g/mol. The number of para-hydroxylation sites is 4. The Bertz CT molecular complexity index is 777. The van der Waals surface area contributed by atoms with Gasteiger partial charge in [0, 0.05) is 6.07 Å². The van der Waals surface area contributed by atoms with Crippen molar-refractivity contribution in [3.63, 3.8) is 0 Å². The van der Waals surface area contributed by atoms with Crippen molar-refractivity contribution in [3.8, 4) is 11.5 Å². The lowest BCUT2D eigenvalue weighted by atomic mass is 10.2. The number of rotatable bonds is 4. The van der Waals surface area contributed by atoms with Gasteiger partial charge in [0.1, 0.15) is 11.9 Å². The van der Waals surface area contributed by atoms with Crippen molar-refractivity contribution < 1.29 is 19.2 Å². The second kappa shape index (κ2) is 6.57. The number of anilines is 1. The second-order valence-corrected chi connectivity index (χ2v) is 5.41. The average Bonchev–Trinajstić information content (AvgIpc) is 2.59. The highest BCUT2D eigenvalue weighted by Crippen LogP contribution is 2.33. The molecule has 0 aromatic heterocycles. The van der Waals surface area contributed by atoms with Crippen molar-refractivity contribution in [2.45, 2.75) is 13.0 Å². The molecule has 2 aromatic carbocycles. The summed E-state index contributed by atoms with van der Waals surface area (Å²) in [6.07, 6.45) is -0.144. The molecule has 1 amide bonds. The Morgan fingerprint density at radius 3 is 2.79 bits per heavy atom. The Morgan fingerprint density at radius 1 is 1.29 bits per heavy atom. The molecule has 0 spiro atoms. The third-order valence-corrected chi connectivity index (χ3v) is 3.64. The van der Waals surface area contributed by atoms with E-state index >= 15 is 0 Å². The van der Waals surface area contributed by atoms with Gasteiger partial charge in [-0.2, -0.15) is 0 Å². The van der Waals surface area contributed by atoms with Gasteiger partial charge < -0.3 is 14.4 Å². The Hall–Kier alpha value is -3.09. The normalized spacial score (nSPS) is 16.0. The molecule has 0 bridgehead atoms. The monoisotopic (exact) mass is 328 g/mol. The van der Waals surface area contributed by atoms with E-state index in [1.54, 1.807) is 29.2 Å². The van der Waals surface area contributed by atoms with Crippen molar-refractivity contribution in [3.05, 3.63) is 58.6 Å². The first-order chi connectivity index (χ1) is 11.6. The minimum atomic E-state index is -0.536. The standard InChI is InChI=1S/C17H16N2O5/c1-12-10-18(13-6-2-5-9-16(13)24-12)17(20)11-23-15-8-4-3-7-14(15)19(21)22/h2-9,12H,10-11H2,1H3/t12-/m0/s1. The first kappa shape index (κ1) is 15.8. The number of hydrogen-bond acceptors (Lipinski definition) is 5. The molecule has 1 aliphatic rings. The summed E-state index contributed by atoms with van der Waals surface area (Å²) >= 11 is 0. The lowest BCUT2D eigenvalue weighted by molar-refractivity contribution is -0.385. The first-order valence-electron chi connectivity index (χ1n) is 7.48. The fourth-order valence-corrected chi connectivity index (χ4v) is 2.57. The van der Waals surface area contributed by atoms with Crippen LogP contribution in [-0.2, 0) is 4.79 Å². The zero-order valence-corrected chi connectivity index (χ0v) is 13.0. The number of fused-ring (bicyclic) bond motifs is 1. The van der Waals surface area contributed by atoms with Gasteiger partial charge in [-0.3, -0.25) is 14.9 Å². The van der Waals surface area contributed by atoms with E-state index < -0.39 is 4.92 Å². The average molecular weight is 328 g/mol. The summed E-state index contributed by atoms with van der Waals surface area (Å²) in [6, 6.07) is 13.2. The van der Waals surface area contributed by atoms with Gasteiger partial charge in [0.25, 0.3) is 5.91 Å². The maximum atomic E-state index is 12.5. The van der Waals surface area contributed by atoms with E-state index in [1.807, 2.05) is 19.1 Å². The lowest BCUT2D eigenvalue weighted by Crippen LogP contribution is -2.44. The molecule has 0 saturated carbocycles. The molecule has 1 heterocycles. The molecule has 124 valence electrons. The molecule has 3 rings (SSSR count). The fourth-order valence-electron chi connectivity index (χ4n) is 2.57. The molecule has 0 N–H and O–H groups in total. The van der Waals surface area contributed by atoms with Gasteiger partial charge in [0.2, 0.25) is 0 Å². The van der Waals surface area contributed by atoms with E-state index in [4.69, 9.17) is 9.47 Å². The zero-order chi connectivity index (χ0) is 17.1. The van der Waals surface area contributed by atoms with E-state index in [0.717, 1.165) is 0 Å². The van der Waals surface area contributed by atoms with Crippen LogP contribution in [0.1, 0.15) is 6.92 Å². The summed E-state index contributed by atoms with van der Waals surface area (Å²) in [5.41, 5.74) is 0.507. The highest BCUT2D eigenvalue weighted by Gasteiger charge is 2.28. The van der Waals surface area contributed by atoms with Gasteiger partial charge >= 0.3 is 5.69 Å². The summed E-state index contributed by atoms with van der Waals surface area (Å²) in [5.74, 6) is 0.427. The van der Waals surface area contributed by atoms with Gasteiger partial charge in [-0.15, -0.1) is 0 Å². The molecule has 7 nitrogen and oxygen atoms in total. The molecule has 1 aliphatic heterocycles. The van der Waals surface area contributed by atoms with Crippen molar-refractivity contribution in [2.24, 2.45) is 0 Å². The van der Waals surface area contributed by atoms with E-state index in [2.05, 4.69) is 0 Å². The molecule has 2 aromatic rings. The summed E-state index contributed by atoms with van der Waals surface area (Å²) in [6.45, 7) is 1.99. The van der Waals surface area contributed by atoms with E-state index in [-0.39, 0.29) is 30.1 Å². The lowest BCUT2D eigenvalue weighted by Gasteiger charge is -2.33. The predicted octanol–water partition coefficient (Wildman–Crippen LogP) is 2.79. The third kappa shape index (κ3) is 3.15. The zero-order valence-electron chi connectivity index (χ0n) is 13.0. The largest absolute Gasteiger partial charge is 0.487 e. The molecule has 7 heteroatoms. The van der Waals surface area contributed by atoms with Gasteiger partial charge in [-0.1, -0.05) is 24.3 Å². The topological polar surface area (TPSA) is 81.9 Å². The number of ether oxygens (including phenoxy) is 2. The number of nitrogens with zero attached hydrogens (tertiary/aromatic N) is 2. The highest BCUT2D eigenvalue weighted by molar-refractivity contribution is 5.96. The van der Waals surface area contributed by atoms with Gasteiger partial charge in [0.05, 0.1) is 17.2 Å². The predicted molar refractivity (Wildman–Crippen MR) is 87.5 cm³/mol. The minimum absolute atomic E-state index is 0.0745. The van der Waals surface area contributed by atoms with Crippen LogP contribution in [0.5, 0.6) is 11.5 Å². The highest BCUT2D eigenvalue weighted by atomic mass is 16.6. The Morgan fingerprint density at radius 2 is 2.00 bits per heavy atom. The molecule has 0 radical (unpaired) electrons. The summed E-state index contributed by atoms with van der Waals surface area (Å²) in [5, 5.41) is 11.0. The SMILES string of the molecule is C[C@H]1CN(C(=O)COc2ccccc2[N+](=O)[O-])c2ccccc2O1. The second-order valence-electron chi connectivity index (χ2n) is 5.41. The first-order valence-corrected chi connectivity index (χ1v) is 7.48. The van der Waals surface area contributed by atoms with Crippen LogP contribution in [0.2, 0.25) is 0 Å². The van der Waals surface area contributed by atoms with Crippen LogP contribution in [0.25, 0.3) is 0 Å². The van der Waals surface area contributed by atoms with Crippen molar-refractivity contribution in [1.82, 2.24) is 0 Å². The summed E-state index contributed by atoms with van der Waals surface area (Å²) < 4.78 is 11.1. The van der Waals surface area contributed by atoms with Gasteiger partial charge in [0.15, 0.2) is 12.4 Å².